The standard InChI is InChI=1S/C9H13N3O3/c13-8-5-7(11-6-12-8)10-4-2-1-3-9(14)15/h5-6H,1-4H2,(H,14,15)(H2,10,11,12,13). The number of aliphatic carboxylic acids is 1. The summed E-state index contributed by atoms with van der Waals surface area (Å²) in [6, 6.07) is 1.36. The first-order chi connectivity index (χ1) is 7.18. The Labute approximate surface area is 86.4 Å². The third-order valence-electron chi connectivity index (χ3n) is 1.80. The number of nitrogens with zero attached hydrogens (tertiary/aromatic N) is 1. The number of carbonyl (C=O) groups is 1. The number of rotatable bonds is 6. The van der Waals surface area contributed by atoms with Crippen LogP contribution in [-0.2, 0) is 4.79 Å². The Hall–Kier alpha value is -1.85. The number of anilines is 1. The molecule has 1 aromatic heterocycles. The lowest BCUT2D eigenvalue weighted by Crippen LogP contribution is -2.10. The van der Waals surface area contributed by atoms with E-state index in [1.54, 1.807) is 0 Å². The topological polar surface area (TPSA) is 95.1 Å². The number of aromatic amines is 1. The monoisotopic (exact) mass is 211 g/mol. The summed E-state index contributed by atoms with van der Waals surface area (Å²) in [5, 5.41) is 11.3. The van der Waals surface area contributed by atoms with Crippen LogP contribution in [-0.4, -0.2) is 27.6 Å². The van der Waals surface area contributed by atoms with Crippen molar-refractivity contribution < 1.29 is 9.90 Å². The van der Waals surface area contributed by atoms with Crippen molar-refractivity contribution in [2.45, 2.75) is 19.3 Å². The Morgan fingerprint density at radius 3 is 3.00 bits per heavy atom. The van der Waals surface area contributed by atoms with Crippen molar-refractivity contribution in [3.63, 3.8) is 0 Å². The van der Waals surface area contributed by atoms with Gasteiger partial charge in [0, 0.05) is 19.0 Å². The molecule has 0 aromatic carbocycles. The number of hydrogen-bond donors (Lipinski definition) is 3. The molecule has 6 nitrogen and oxygen atoms in total. The maximum Gasteiger partial charge on any atom is 0.303 e. The highest BCUT2D eigenvalue weighted by Gasteiger charge is 1.97. The molecule has 82 valence electrons. The average Bonchev–Trinajstić information content (AvgIpc) is 2.17. The molecular formula is C9H13N3O3. The van der Waals surface area contributed by atoms with Gasteiger partial charge in [-0.25, -0.2) is 4.98 Å². The summed E-state index contributed by atoms with van der Waals surface area (Å²) in [4.78, 5) is 27.3. The maximum atomic E-state index is 10.9. The van der Waals surface area contributed by atoms with Gasteiger partial charge in [0.15, 0.2) is 0 Å². The maximum absolute atomic E-state index is 10.9. The van der Waals surface area contributed by atoms with Crippen molar-refractivity contribution in [3.05, 3.63) is 22.7 Å². The third kappa shape index (κ3) is 4.80. The summed E-state index contributed by atoms with van der Waals surface area (Å²) in [7, 11) is 0. The van der Waals surface area contributed by atoms with Crippen molar-refractivity contribution in [3.8, 4) is 0 Å². The SMILES string of the molecule is O=C(O)CCCCNc1cc(=O)[nH]cn1. The lowest BCUT2D eigenvalue weighted by Gasteiger charge is -2.03. The van der Waals surface area contributed by atoms with Gasteiger partial charge in [0.05, 0.1) is 6.33 Å². The van der Waals surface area contributed by atoms with Gasteiger partial charge in [-0.1, -0.05) is 0 Å². The van der Waals surface area contributed by atoms with Gasteiger partial charge in [-0.05, 0) is 12.8 Å². The van der Waals surface area contributed by atoms with Crippen LogP contribution in [0.25, 0.3) is 0 Å². The molecular weight excluding hydrogens is 198 g/mol. The molecule has 0 aliphatic carbocycles. The molecule has 0 atom stereocenters. The first kappa shape index (κ1) is 11.2. The van der Waals surface area contributed by atoms with E-state index in [4.69, 9.17) is 5.11 Å². The number of hydrogen-bond acceptors (Lipinski definition) is 4. The first-order valence-corrected chi connectivity index (χ1v) is 4.69. The fourth-order valence-electron chi connectivity index (χ4n) is 1.08. The second-order valence-electron chi connectivity index (χ2n) is 3.07. The van der Waals surface area contributed by atoms with Crippen molar-refractivity contribution in [2.24, 2.45) is 0 Å². The molecule has 3 N–H and O–H groups in total. The smallest absolute Gasteiger partial charge is 0.303 e. The molecule has 0 saturated heterocycles. The number of H-pyrrole nitrogens is 1. The zero-order valence-corrected chi connectivity index (χ0v) is 8.19. The summed E-state index contributed by atoms with van der Waals surface area (Å²) in [6.07, 6.45) is 2.85. The molecule has 1 aromatic rings. The second-order valence-corrected chi connectivity index (χ2v) is 3.07. The summed E-state index contributed by atoms with van der Waals surface area (Å²) in [6.45, 7) is 0.615. The first-order valence-electron chi connectivity index (χ1n) is 4.69. The Balaban J connectivity index is 2.20. The zero-order chi connectivity index (χ0) is 11.1. The van der Waals surface area contributed by atoms with Gasteiger partial charge in [-0.3, -0.25) is 9.59 Å². The lowest BCUT2D eigenvalue weighted by molar-refractivity contribution is -0.137. The number of carboxylic acids is 1. The van der Waals surface area contributed by atoms with E-state index in [0.717, 1.165) is 6.42 Å². The number of nitrogens with one attached hydrogen (secondary N) is 2. The Morgan fingerprint density at radius 1 is 1.53 bits per heavy atom. The number of unbranched alkanes of at least 4 members (excludes halogenated alkanes) is 1. The number of carboxylic acid groups (broad SMARTS) is 1. The van der Waals surface area contributed by atoms with Crippen molar-refractivity contribution >= 4 is 11.8 Å². The van der Waals surface area contributed by atoms with Gasteiger partial charge in [-0.2, -0.15) is 0 Å². The van der Waals surface area contributed by atoms with E-state index in [2.05, 4.69) is 15.3 Å². The van der Waals surface area contributed by atoms with Crippen molar-refractivity contribution in [1.82, 2.24) is 9.97 Å². The summed E-state index contributed by atoms with van der Waals surface area (Å²) in [5.41, 5.74) is -0.210. The van der Waals surface area contributed by atoms with E-state index in [1.165, 1.54) is 12.4 Å². The molecule has 0 radical (unpaired) electrons. The Kier molecular flexibility index (Phi) is 4.33. The van der Waals surface area contributed by atoms with Crippen LogP contribution in [0.3, 0.4) is 0 Å². The van der Waals surface area contributed by atoms with E-state index in [1.807, 2.05) is 0 Å². The molecule has 0 saturated carbocycles. The third-order valence-corrected chi connectivity index (χ3v) is 1.80. The highest BCUT2D eigenvalue weighted by molar-refractivity contribution is 5.66. The average molecular weight is 211 g/mol. The fourth-order valence-corrected chi connectivity index (χ4v) is 1.08. The van der Waals surface area contributed by atoms with Crippen LogP contribution in [0.5, 0.6) is 0 Å². The molecule has 0 aliphatic heterocycles. The van der Waals surface area contributed by atoms with Crippen molar-refractivity contribution in [2.75, 3.05) is 11.9 Å². The molecule has 0 amide bonds. The van der Waals surface area contributed by atoms with Gasteiger partial charge < -0.3 is 15.4 Å². The van der Waals surface area contributed by atoms with Gasteiger partial charge in [0.25, 0.3) is 5.56 Å². The molecule has 0 aliphatic rings. The summed E-state index contributed by atoms with van der Waals surface area (Å²) in [5.74, 6) is -0.279. The normalized spacial score (nSPS) is 9.87. The van der Waals surface area contributed by atoms with Crippen LogP contribution >= 0.6 is 0 Å². The predicted octanol–water partition coefficient (Wildman–Crippen LogP) is 0.437. The highest BCUT2D eigenvalue weighted by atomic mass is 16.4. The summed E-state index contributed by atoms with van der Waals surface area (Å²) < 4.78 is 0. The second kappa shape index (κ2) is 5.79. The van der Waals surface area contributed by atoms with E-state index < -0.39 is 5.97 Å². The van der Waals surface area contributed by atoms with Gasteiger partial charge in [0.1, 0.15) is 5.82 Å². The van der Waals surface area contributed by atoms with Crippen LogP contribution < -0.4 is 10.9 Å². The lowest BCUT2D eigenvalue weighted by atomic mass is 10.2. The molecule has 0 fully saturated rings. The van der Waals surface area contributed by atoms with E-state index >= 15 is 0 Å². The van der Waals surface area contributed by atoms with Crippen LogP contribution in [0.1, 0.15) is 19.3 Å². The summed E-state index contributed by atoms with van der Waals surface area (Å²) >= 11 is 0. The molecule has 6 heteroatoms. The molecule has 0 bridgehead atoms. The molecule has 1 heterocycles. The largest absolute Gasteiger partial charge is 0.481 e. The minimum Gasteiger partial charge on any atom is -0.481 e. The molecule has 0 unspecified atom stereocenters. The predicted molar refractivity (Wildman–Crippen MR) is 54.8 cm³/mol. The highest BCUT2D eigenvalue weighted by Crippen LogP contribution is 1.98. The van der Waals surface area contributed by atoms with E-state index in [-0.39, 0.29) is 12.0 Å². The van der Waals surface area contributed by atoms with E-state index in [9.17, 15) is 9.59 Å². The van der Waals surface area contributed by atoms with Crippen LogP contribution in [0.15, 0.2) is 17.2 Å². The molecule has 15 heavy (non-hydrogen) atoms. The quantitative estimate of drug-likeness (QED) is 0.593. The molecule has 0 spiro atoms. The van der Waals surface area contributed by atoms with Crippen LogP contribution in [0.4, 0.5) is 5.82 Å². The Morgan fingerprint density at radius 2 is 2.33 bits per heavy atom. The minimum atomic E-state index is -0.788. The number of aromatic nitrogens is 2. The minimum absolute atomic E-state index is 0.171. The van der Waals surface area contributed by atoms with Gasteiger partial charge in [0.2, 0.25) is 0 Å². The van der Waals surface area contributed by atoms with Crippen molar-refractivity contribution in [1.29, 1.82) is 0 Å². The Bertz CT molecular complexity index is 375. The zero-order valence-electron chi connectivity index (χ0n) is 8.19. The van der Waals surface area contributed by atoms with E-state index in [0.29, 0.717) is 18.8 Å². The molecule has 1 rings (SSSR count). The van der Waals surface area contributed by atoms with Crippen LogP contribution in [0.2, 0.25) is 0 Å². The fraction of sp³-hybridized carbons (Fsp3) is 0.444. The van der Waals surface area contributed by atoms with Crippen LogP contribution in [0, 0.1) is 0 Å². The van der Waals surface area contributed by atoms with Gasteiger partial charge in [-0.15, -0.1) is 0 Å². The van der Waals surface area contributed by atoms with Gasteiger partial charge >= 0.3 is 5.97 Å².